The first-order chi connectivity index (χ1) is 12.4. The highest BCUT2D eigenvalue weighted by molar-refractivity contribution is 7.92. The Labute approximate surface area is 151 Å². The van der Waals surface area contributed by atoms with E-state index in [0.29, 0.717) is 5.69 Å². The van der Waals surface area contributed by atoms with Crippen molar-refractivity contribution in [3.63, 3.8) is 0 Å². The second kappa shape index (κ2) is 6.72. The number of aromatic nitrogens is 1. The van der Waals surface area contributed by atoms with Crippen LogP contribution in [0.15, 0.2) is 53.6 Å². The second-order valence-electron chi connectivity index (χ2n) is 5.65. The molecule has 136 valence electrons. The number of nitrogens with two attached hydrogens (primary N) is 1. The van der Waals surface area contributed by atoms with E-state index in [2.05, 4.69) is 4.98 Å². The molecule has 0 saturated carbocycles. The summed E-state index contributed by atoms with van der Waals surface area (Å²) < 4.78 is 32.6. The maximum Gasteiger partial charge on any atom is 0.264 e. The lowest BCUT2D eigenvalue weighted by Crippen LogP contribution is -2.31. The van der Waals surface area contributed by atoms with Gasteiger partial charge in [0, 0.05) is 23.6 Å². The van der Waals surface area contributed by atoms with Gasteiger partial charge < -0.3 is 15.5 Å². The molecule has 7 nitrogen and oxygen atoms in total. The van der Waals surface area contributed by atoms with Crippen LogP contribution in [-0.2, 0) is 10.0 Å². The summed E-state index contributed by atoms with van der Waals surface area (Å²) in [4.78, 5) is 14.7. The number of H-pyrrole nitrogens is 1. The molecular weight excluding hydrogens is 354 g/mol. The molecule has 1 aromatic heterocycles. The highest BCUT2D eigenvalue weighted by Gasteiger charge is 2.25. The summed E-state index contributed by atoms with van der Waals surface area (Å²) in [6.45, 7) is 1.98. The molecule has 0 fully saturated rings. The van der Waals surface area contributed by atoms with Crippen molar-refractivity contribution in [1.82, 2.24) is 4.98 Å². The van der Waals surface area contributed by atoms with Crippen LogP contribution >= 0.6 is 0 Å². The highest BCUT2D eigenvalue weighted by atomic mass is 32.2. The Kier molecular flexibility index (Phi) is 4.60. The van der Waals surface area contributed by atoms with Gasteiger partial charge >= 0.3 is 0 Å². The predicted octanol–water partition coefficient (Wildman–Crippen LogP) is 2.49. The number of carbonyl (C=O) groups excluding carboxylic acids is 1. The molecule has 3 N–H and O–H groups in total. The minimum absolute atomic E-state index is 0.0192. The van der Waals surface area contributed by atoms with Crippen molar-refractivity contribution in [2.24, 2.45) is 5.73 Å². The quantitative estimate of drug-likeness (QED) is 0.692. The van der Waals surface area contributed by atoms with Crippen LogP contribution in [0.4, 0.5) is 5.69 Å². The van der Waals surface area contributed by atoms with E-state index >= 15 is 0 Å². The summed E-state index contributed by atoms with van der Waals surface area (Å²) in [5, 5.41) is 0.906. The minimum Gasteiger partial charge on any atom is -0.496 e. The van der Waals surface area contributed by atoms with E-state index in [0.717, 1.165) is 10.9 Å². The zero-order valence-corrected chi connectivity index (χ0v) is 15.2. The van der Waals surface area contributed by atoms with Gasteiger partial charge in [0.2, 0.25) is 0 Å². The van der Waals surface area contributed by atoms with Gasteiger partial charge in [-0.1, -0.05) is 0 Å². The molecule has 0 bridgehead atoms. The average molecular weight is 373 g/mol. The number of amides is 1. The average Bonchev–Trinajstić information content (AvgIpc) is 3.09. The number of primary amides is 1. The molecule has 0 atom stereocenters. The third-order valence-corrected chi connectivity index (χ3v) is 6.04. The van der Waals surface area contributed by atoms with Gasteiger partial charge in [-0.25, -0.2) is 8.42 Å². The Balaban J connectivity index is 2.09. The molecule has 2 aromatic carbocycles. The Morgan fingerprint density at radius 1 is 1.19 bits per heavy atom. The number of hydrogen-bond acceptors (Lipinski definition) is 4. The highest BCUT2D eigenvalue weighted by Crippen LogP contribution is 2.29. The number of sulfonamides is 1. The van der Waals surface area contributed by atoms with Gasteiger partial charge in [-0.05, 0) is 49.4 Å². The fourth-order valence-electron chi connectivity index (χ4n) is 2.85. The molecule has 0 saturated heterocycles. The summed E-state index contributed by atoms with van der Waals surface area (Å²) in [7, 11) is -2.49. The number of rotatable bonds is 6. The third kappa shape index (κ3) is 2.99. The van der Waals surface area contributed by atoms with Crippen LogP contribution in [-0.4, -0.2) is 33.0 Å². The molecule has 3 rings (SSSR count). The zero-order chi connectivity index (χ0) is 18.9. The molecule has 8 heteroatoms. The van der Waals surface area contributed by atoms with Gasteiger partial charge in [0.05, 0.1) is 23.3 Å². The number of fused-ring (bicyclic) bond motifs is 1. The third-order valence-electron chi connectivity index (χ3n) is 4.14. The van der Waals surface area contributed by atoms with Crippen molar-refractivity contribution < 1.29 is 17.9 Å². The number of ether oxygens (including phenoxy) is 1. The molecule has 0 spiro atoms. The van der Waals surface area contributed by atoms with Gasteiger partial charge in [-0.3, -0.25) is 9.10 Å². The molecular formula is C18H19N3O4S. The van der Waals surface area contributed by atoms with Crippen molar-refractivity contribution in [3.05, 3.63) is 54.2 Å². The topological polar surface area (TPSA) is 105 Å². The van der Waals surface area contributed by atoms with E-state index in [4.69, 9.17) is 10.5 Å². The molecule has 0 aliphatic rings. The van der Waals surface area contributed by atoms with Crippen molar-refractivity contribution in [3.8, 4) is 5.75 Å². The number of methoxy groups -OCH3 is 1. The standard InChI is InChI=1S/C18H19N3O4S/c1-3-21(13-4-6-16-12(10-13)8-9-20-16)26(23,24)14-5-7-17(25-2)15(11-14)18(19)22/h4-11,20H,3H2,1-2H3,(H2,19,22). The van der Waals surface area contributed by atoms with E-state index in [1.807, 2.05) is 12.1 Å². The number of anilines is 1. The molecule has 1 heterocycles. The van der Waals surface area contributed by atoms with Crippen molar-refractivity contribution in [2.75, 3.05) is 18.0 Å². The molecule has 0 radical (unpaired) electrons. The van der Waals surface area contributed by atoms with Crippen LogP contribution < -0.4 is 14.8 Å². The first-order valence-corrected chi connectivity index (χ1v) is 9.40. The summed E-state index contributed by atoms with van der Waals surface area (Å²) in [6, 6.07) is 11.3. The normalized spacial score (nSPS) is 11.5. The monoisotopic (exact) mass is 373 g/mol. The van der Waals surface area contributed by atoms with Gasteiger partial charge in [0.25, 0.3) is 15.9 Å². The number of aromatic amines is 1. The fourth-order valence-corrected chi connectivity index (χ4v) is 4.35. The lowest BCUT2D eigenvalue weighted by Gasteiger charge is -2.23. The van der Waals surface area contributed by atoms with Crippen LogP contribution in [0.1, 0.15) is 17.3 Å². The molecule has 0 aliphatic heterocycles. The van der Waals surface area contributed by atoms with E-state index in [1.54, 1.807) is 25.3 Å². The number of benzene rings is 2. The van der Waals surface area contributed by atoms with E-state index < -0.39 is 15.9 Å². The lowest BCUT2D eigenvalue weighted by molar-refractivity contribution is 0.0997. The fraction of sp³-hybridized carbons (Fsp3) is 0.167. The Morgan fingerprint density at radius 2 is 1.96 bits per heavy atom. The Bertz CT molecular complexity index is 1070. The maximum atomic E-state index is 13.1. The lowest BCUT2D eigenvalue weighted by atomic mass is 10.2. The van der Waals surface area contributed by atoms with Crippen LogP contribution in [0.5, 0.6) is 5.75 Å². The van der Waals surface area contributed by atoms with Crippen molar-refractivity contribution in [1.29, 1.82) is 0 Å². The van der Waals surface area contributed by atoms with Gasteiger partial charge in [0.1, 0.15) is 5.75 Å². The Hall–Kier alpha value is -3.00. The van der Waals surface area contributed by atoms with Crippen LogP contribution in [0, 0.1) is 0 Å². The first-order valence-electron chi connectivity index (χ1n) is 7.96. The summed E-state index contributed by atoms with van der Waals surface area (Å²) in [6.07, 6.45) is 1.79. The molecule has 26 heavy (non-hydrogen) atoms. The van der Waals surface area contributed by atoms with Crippen LogP contribution in [0.25, 0.3) is 10.9 Å². The number of carbonyl (C=O) groups is 1. The Morgan fingerprint density at radius 3 is 2.62 bits per heavy atom. The summed E-state index contributed by atoms with van der Waals surface area (Å²) >= 11 is 0. The largest absolute Gasteiger partial charge is 0.496 e. The molecule has 1 amide bonds. The number of hydrogen-bond donors (Lipinski definition) is 2. The zero-order valence-electron chi connectivity index (χ0n) is 14.4. The number of nitrogens with zero attached hydrogens (tertiary/aromatic N) is 1. The minimum atomic E-state index is -3.88. The summed E-state index contributed by atoms with van der Waals surface area (Å²) in [5.41, 5.74) is 6.82. The van der Waals surface area contributed by atoms with Crippen molar-refractivity contribution in [2.45, 2.75) is 11.8 Å². The van der Waals surface area contributed by atoms with Gasteiger partial charge in [-0.15, -0.1) is 0 Å². The SMILES string of the molecule is CCN(c1ccc2[nH]ccc2c1)S(=O)(=O)c1ccc(OC)c(C(N)=O)c1. The summed E-state index contributed by atoms with van der Waals surface area (Å²) in [5.74, 6) is -0.524. The molecule has 0 aliphatic carbocycles. The van der Waals surface area contributed by atoms with Crippen molar-refractivity contribution >= 4 is 32.5 Å². The van der Waals surface area contributed by atoms with Gasteiger partial charge in [0.15, 0.2) is 0 Å². The second-order valence-corrected chi connectivity index (χ2v) is 7.51. The van der Waals surface area contributed by atoms with Crippen LogP contribution in [0.3, 0.4) is 0 Å². The van der Waals surface area contributed by atoms with Gasteiger partial charge in [-0.2, -0.15) is 0 Å². The van der Waals surface area contributed by atoms with E-state index in [1.165, 1.54) is 29.6 Å². The first kappa shape index (κ1) is 17.8. The number of nitrogens with one attached hydrogen (secondary N) is 1. The predicted molar refractivity (Wildman–Crippen MR) is 100 cm³/mol. The van der Waals surface area contributed by atoms with E-state index in [9.17, 15) is 13.2 Å². The molecule has 3 aromatic rings. The molecule has 0 unspecified atom stereocenters. The van der Waals surface area contributed by atoms with E-state index in [-0.39, 0.29) is 22.8 Å². The smallest absolute Gasteiger partial charge is 0.264 e. The van der Waals surface area contributed by atoms with Crippen LogP contribution in [0.2, 0.25) is 0 Å². The maximum absolute atomic E-state index is 13.1.